The van der Waals surface area contributed by atoms with Crippen LogP contribution in [-0.2, 0) is 0 Å². The third-order valence-electron chi connectivity index (χ3n) is 3.51. The lowest BCUT2D eigenvalue weighted by Crippen LogP contribution is -2.31. The minimum absolute atomic E-state index is 0.0192. The zero-order valence-corrected chi connectivity index (χ0v) is 13.3. The number of ketones is 2. The zero-order chi connectivity index (χ0) is 17.0. The maximum Gasteiger partial charge on any atom is 0.326 e. The third kappa shape index (κ3) is 4.03. The van der Waals surface area contributed by atoms with Gasteiger partial charge in [-0.3, -0.25) is 14.5 Å². The number of amides is 2. The van der Waals surface area contributed by atoms with Crippen molar-refractivity contribution in [1.82, 2.24) is 0 Å². The fraction of sp³-hybridized carbons (Fsp3) is 0.167. The van der Waals surface area contributed by atoms with Crippen LogP contribution in [0.5, 0.6) is 0 Å². The van der Waals surface area contributed by atoms with Crippen LogP contribution in [0.15, 0.2) is 48.5 Å². The van der Waals surface area contributed by atoms with E-state index in [4.69, 9.17) is 0 Å². The van der Waals surface area contributed by atoms with E-state index in [1.165, 1.54) is 18.7 Å². The average molecular weight is 310 g/mol. The fourth-order valence-corrected chi connectivity index (χ4v) is 2.03. The van der Waals surface area contributed by atoms with Crippen LogP contribution >= 0.6 is 0 Å². The highest BCUT2D eigenvalue weighted by Crippen LogP contribution is 2.16. The second-order valence-corrected chi connectivity index (χ2v) is 5.23. The summed E-state index contributed by atoms with van der Waals surface area (Å²) in [5.74, 6) is -0.0419. The first-order valence-electron chi connectivity index (χ1n) is 7.15. The van der Waals surface area contributed by atoms with Crippen molar-refractivity contribution >= 4 is 29.0 Å². The Bertz CT molecular complexity index is 734. The van der Waals surface area contributed by atoms with Gasteiger partial charge in [-0.05, 0) is 62.4 Å². The number of Topliss-reactive ketones (excluding diaryl/α,β-unsaturated/α-hetero) is 2. The molecule has 0 radical (unpaired) electrons. The summed E-state index contributed by atoms with van der Waals surface area (Å²) in [5.41, 5.74) is 2.47. The van der Waals surface area contributed by atoms with Gasteiger partial charge in [0.15, 0.2) is 11.6 Å². The lowest BCUT2D eigenvalue weighted by atomic mass is 10.1. The molecule has 5 nitrogen and oxygen atoms in total. The van der Waals surface area contributed by atoms with Crippen molar-refractivity contribution in [3.8, 4) is 0 Å². The molecular formula is C18H18N2O3. The van der Waals surface area contributed by atoms with Crippen LogP contribution in [0.1, 0.15) is 34.6 Å². The first kappa shape index (κ1) is 16.4. The van der Waals surface area contributed by atoms with Gasteiger partial charge in [-0.15, -0.1) is 0 Å². The summed E-state index contributed by atoms with van der Waals surface area (Å²) < 4.78 is 0. The molecule has 0 atom stereocenters. The molecule has 0 unspecified atom stereocenters. The van der Waals surface area contributed by atoms with Gasteiger partial charge in [0.25, 0.3) is 0 Å². The van der Waals surface area contributed by atoms with Crippen molar-refractivity contribution in [3.63, 3.8) is 0 Å². The Morgan fingerprint density at radius 2 is 1.22 bits per heavy atom. The smallest absolute Gasteiger partial charge is 0.308 e. The fourth-order valence-electron chi connectivity index (χ4n) is 2.03. The molecule has 0 aromatic heterocycles. The number of nitrogens with one attached hydrogen (secondary N) is 1. The second-order valence-electron chi connectivity index (χ2n) is 5.23. The first-order chi connectivity index (χ1) is 10.9. The SMILES string of the molecule is CC(=O)c1ccc(NC(=O)N(C)c2ccc(C(C)=O)cc2)cc1. The first-order valence-corrected chi connectivity index (χ1v) is 7.15. The van der Waals surface area contributed by atoms with Gasteiger partial charge in [0.2, 0.25) is 0 Å². The predicted octanol–water partition coefficient (Wildman–Crippen LogP) is 3.76. The molecule has 0 spiro atoms. The Balaban J connectivity index is 2.07. The monoisotopic (exact) mass is 310 g/mol. The Morgan fingerprint density at radius 3 is 1.65 bits per heavy atom. The van der Waals surface area contributed by atoms with Gasteiger partial charge in [-0.2, -0.15) is 0 Å². The van der Waals surface area contributed by atoms with Crippen molar-refractivity contribution in [2.45, 2.75) is 13.8 Å². The van der Waals surface area contributed by atoms with E-state index in [1.807, 2.05) is 0 Å². The van der Waals surface area contributed by atoms with Gasteiger partial charge in [0.1, 0.15) is 0 Å². The molecule has 2 aromatic rings. The quantitative estimate of drug-likeness (QED) is 0.874. The molecule has 5 heteroatoms. The van der Waals surface area contributed by atoms with E-state index in [9.17, 15) is 14.4 Å². The highest BCUT2D eigenvalue weighted by molar-refractivity contribution is 6.02. The number of nitrogens with zero attached hydrogens (tertiary/aromatic N) is 1. The maximum atomic E-state index is 12.2. The van der Waals surface area contributed by atoms with Crippen molar-refractivity contribution in [2.75, 3.05) is 17.3 Å². The molecule has 0 saturated heterocycles. The average Bonchev–Trinajstić information content (AvgIpc) is 2.54. The van der Waals surface area contributed by atoms with E-state index in [0.717, 1.165) is 0 Å². The molecule has 23 heavy (non-hydrogen) atoms. The summed E-state index contributed by atoms with van der Waals surface area (Å²) >= 11 is 0. The van der Waals surface area contributed by atoms with Crippen LogP contribution in [0.4, 0.5) is 16.2 Å². The summed E-state index contributed by atoms with van der Waals surface area (Å²) in [6, 6.07) is 13.2. The van der Waals surface area contributed by atoms with E-state index in [1.54, 1.807) is 55.6 Å². The Morgan fingerprint density at radius 1 is 0.783 bits per heavy atom. The molecule has 2 rings (SSSR count). The van der Waals surface area contributed by atoms with E-state index < -0.39 is 0 Å². The van der Waals surface area contributed by atoms with Crippen molar-refractivity contribution < 1.29 is 14.4 Å². The van der Waals surface area contributed by atoms with Gasteiger partial charge in [-0.1, -0.05) is 0 Å². The maximum absolute atomic E-state index is 12.2. The number of urea groups is 1. The van der Waals surface area contributed by atoms with Crippen LogP contribution in [0.2, 0.25) is 0 Å². The van der Waals surface area contributed by atoms with Crippen LogP contribution < -0.4 is 10.2 Å². The topological polar surface area (TPSA) is 66.5 Å². The Labute approximate surface area is 134 Å². The molecule has 0 aliphatic carbocycles. The molecule has 0 heterocycles. The van der Waals surface area contributed by atoms with E-state index >= 15 is 0 Å². The highest BCUT2D eigenvalue weighted by Gasteiger charge is 2.11. The van der Waals surface area contributed by atoms with Gasteiger partial charge in [0.05, 0.1) is 0 Å². The van der Waals surface area contributed by atoms with Crippen LogP contribution in [0, 0.1) is 0 Å². The summed E-state index contributed by atoms with van der Waals surface area (Å²) in [5, 5.41) is 2.75. The molecule has 2 aromatic carbocycles. The van der Waals surface area contributed by atoms with Gasteiger partial charge in [0, 0.05) is 29.5 Å². The normalized spacial score (nSPS) is 10.0. The number of carbonyl (C=O) groups excluding carboxylic acids is 3. The minimum Gasteiger partial charge on any atom is -0.308 e. The van der Waals surface area contributed by atoms with Crippen molar-refractivity contribution in [2.24, 2.45) is 0 Å². The molecule has 0 saturated carbocycles. The highest BCUT2D eigenvalue weighted by atomic mass is 16.2. The van der Waals surface area contributed by atoms with Gasteiger partial charge in [-0.25, -0.2) is 4.79 Å². The largest absolute Gasteiger partial charge is 0.326 e. The molecule has 0 bridgehead atoms. The summed E-state index contributed by atoms with van der Waals surface area (Å²) in [6.07, 6.45) is 0. The Kier molecular flexibility index (Phi) is 4.91. The molecule has 1 N–H and O–H groups in total. The number of rotatable bonds is 4. The van der Waals surface area contributed by atoms with Gasteiger partial charge < -0.3 is 5.32 Å². The molecule has 0 aliphatic rings. The molecule has 0 aliphatic heterocycles. The molecule has 2 amide bonds. The molecular weight excluding hydrogens is 292 g/mol. The predicted molar refractivity (Wildman–Crippen MR) is 90.3 cm³/mol. The van der Waals surface area contributed by atoms with Crippen LogP contribution in [-0.4, -0.2) is 24.6 Å². The second kappa shape index (κ2) is 6.87. The van der Waals surface area contributed by atoms with Crippen molar-refractivity contribution in [1.29, 1.82) is 0 Å². The van der Waals surface area contributed by atoms with Crippen LogP contribution in [0.3, 0.4) is 0 Å². The number of hydrogen-bond donors (Lipinski definition) is 1. The number of anilines is 2. The number of hydrogen-bond acceptors (Lipinski definition) is 3. The summed E-state index contributed by atoms with van der Waals surface area (Å²) in [7, 11) is 1.64. The zero-order valence-electron chi connectivity index (χ0n) is 13.3. The summed E-state index contributed by atoms with van der Waals surface area (Å²) in [6.45, 7) is 2.99. The molecule has 118 valence electrons. The molecule has 0 fully saturated rings. The minimum atomic E-state index is -0.309. The third-order valence-corrected chi connectivity index (χ3v) is 3.51. The lowest BCUT2D eigenvalue weighted by molar-refractivity contribution is 0.100. The standard InChI is InChI=1S/C18H18N2O3/c1-12(21)14-4-8-16(9-5-14)19-18(23)20(3)17-10-6-15(7-11-17)13(2)22/h4-11H,1-3H3,(H,19,23). The summed E-state index contributed by atoms with van der Waals surface area (Å²) in [4.78, 5) is 36.2. The van der Waals surface area contributed by atoms with Crippen LogP contribution in [0.25, 0.3) is 0 Å². The van der Waals surface area contributed by atoms with Crippen molar-refractivity contribution in [3.05, 3.63) is 59.7 Å². The van der Waals surface area contributed by atoms with E-state index in [-0.39, 0.29) is 17.6 Å². The lowest BCUT2D eigenvalue weighted by Gasteiger charge is -2.18. The number of benzene rings is 2. The van der Waals surface area contributed by atoms with E-state index in [2.05, 4.69) is 5.32 Å². The van der Waals surface area contributed by atoms with Gasteiger partial charge >= 0.3 is 6.03 Å². The number of carbonyl (C=O) groups is 3. The van der Waals surface area contributed by atoms with E-state index in [0.29, 0.717) is 22.5 Å². The Hall–Kier alpha value is -2.95.